The van der Waals surface area contributed by atoms with Gasteiger partial charge in [-0.15, -0.1) is 13.2 Å². The number of alkyl halides is 3. The largest absolute Gasteiger partial charge is 0.573 e. The first-order valence-corrected chi connectivity index (χ1v) is 12.3. The molecule has 5 nitrogen and oxygen atoms in total. The van der Waals surface area contributed by atoms with Crippen molar-refractivity contribution in [3.8, 4) is 22.6 Å². The predicted octanol–water partition coefficient (Wildman–Crippen LogP) is 5.29. The summed E-state index contributed by atoms with van der Waals surface area (Å²) in [4.78, 5) is 4.72. The molecule has 0 aromatic heterocycles. The first kappa shape index (κ1) is 25.8. The van der Waals surface area contributed by atoms with E-state index in [1.54, 1.807) is 19.2 Å². The topological polar surface area (TPSA) is 45.2 Å². The second kappa shape index (κ2) is 10.8. The molecule has 1 atom stereocenters. The van der Waals surface area contributed by atoms with Gasteiger partial charge in [-0.05, 0) is 55.3 Å². The van der Waals surface area contributed by atoms with Gasteiger partial charge in [0, 0.05) is 44.2 Å². The van der Waals surface area contributed by atoms with Crippen LogP contribution < -0.4 is 9.47 Å². The molecular weight excluding hydrogens is 457 g/mol. The molecule has 192 valence electrons. The molecule has 0 amide bonds. The van der Waals surface area contributed by atoms with Gasteiger partial charge in [0.25, 0.3) is 0 Å². The van der Waals surface area contributed by atoms with Crippen LogP contribution in [0, 0.1) is 0 Å². The second-order valence-electron chi connectivity index (χ2n) is 9.86. The Labute approximate surface area is 205 Å². The van der Waals surface area contributed by atoms with Gasteiger partial charge in [0.05, 0.1) is 12.7 Å². The van der Waals surface area contributed by atoms with Gasteiger partial charge in [0.2, 0.25) is 0 Å². The summed E-state index contributed by atoms with van der Waals surface area (Å²) in [6.45, 7) is 4.62. The van der Waals surface area contributed by atoms with Crippen LogP contribution in [-0.4, -0.2) is 73.8 Å². The number of benzene rings is 2. The van der Waals surface area contributed by atoms with E-state index in [2.05, 4.69) is 21.6 Å². The fourth-order valence-corrected chi connectivity index (χ4v) is 5.42. The van der Waals surface area contributed by atoms with E-state index in [0.717, 1.165) is 70.4 Å². The van der Waals surface area contributed by atoms with Crippen LogP contribution in [0.2, 0.25) is 0 Å². The summed E-state index contributed by atoms with van der Waals surface area (Å²) in [6, 6.07) is 11.8. The number of nitrogens with zero attached hydrogens (tertiary/aromatic N) is 2. The molecule has 4 rings (SSSR count). The summed E-state index contributed by atoms with van der Waals surface area (Å²) >= 11 is 0. The molecule has 1 aliphatic carbocycles. The van der Waals surface area contributed by atoms with E-state index >= 15 is 0 Å². The maximum absolute atomic E-state index is 12.8. The Balaban J connectivity index is 1.70. The average Bonchev–Trinajstić information content (AvgIpc) is 2.83. The van der Waals surface area contributed by atoms with Gasteiger partial charge >= 0.3 is 6.36 Å². The molecule has 0 radical (unpaired) electrons. The molecule has 1 N–H and O–H groups in total. The number of halogens is 3. The lowest BCUT2D eigenvalue weighted by atomic mass is 9.72. The SMILES string of the molecule is COc1ccc(C(CN2CCN(C)CC2)C2(O)CCCCC2)cc1-c1cccc(OC(F)(F)F)c1. The molecule has 35 heavy (non-hydrogen) atoms. The molecule has 8 heteroatoms. The van der Waals surface area contributed by atoms with Crippen LogP contribution in [-0.2, 0) is 0 Å². The Morgan fingerprint density at radius 1 is 1.00 bits per heavy atom. The molecule has 0 spiro atoms. The summed E-state index contributed by atoms with van der Waals surface area (Å²) in [5, 5.41) is 11.8. The van der Waals surface area contributed by atoms with Crippen molar-refractivity contribution in [2.24, 2.45) is 0 Å². The van der Waals surface area contributed by atoms with E-state index < -0.39 is 12.0 Å². The Kier molecular flexibility index (Phi) is 7.93. The van der Waals surface area contributed by atoms with E-state index in [4.69, 9.17) is 4.74 Å². The Morgan fingerprint density at radius 3 is 2.37 bits per heavy atom. The van der Waals surface area contributed by atoms with Crippen molar-refractivity contribution in [3.05, 3.63) is 48.0 Å². The summed E-state index contributed by atoms with van der Waals surface area (Å²) in [7, 11) is 3.67. The van der Waals surface area contributed by atoms with Gasteiger partial charge in [-0.2, -0.15) is 0 Å². The lowest BCUT2D eigenvalue weighted by molar-refractivity contribution is -0.274. The Morgan fingerprint density at radius 2 is 1.71 bits per heavy atom. The monoisotopic (exact) mass is 492 g/mol. The highest BCUT2D eigenvalue weighted by Crippen LogP contribution is 2.43. The van der Waals surface area contributed by atoms with Crippen molar-refractivity contribution in [1.82, 2.24) is 9.80 Å². The van der Waals surface area contributed by atoms with Gasteiger partial charge in [0.15, 0.2) is 0 Å². The zero-order chi connectivity index (χ0) is 25.1. The van der Waals surface area contributed by atoms with Crippen LogP contribution in [0.1, 0.15) is 43.6 Å². The third-order valence-electron chi connectivity index (χ3n) is 7.41. The molecule has 0 bridgehead atoms. The molecule has 2 aromatic carbocycles. The molecule has 1 unspecified atom stereocenters. The third kappa shape index (κ3) is 6.48. The molecule has 1 heterocycles. The number of likely N-dealkylation sites (N-methyl/N-ethyl adjacent to an activating group) is 1. The van der Waals surface area contributed by atoms with Crippen LogP contribution in [0.5, 0.6) is 11.5 Å². The number of hydrogen-bond acceptors (Lipinski definition) is 5. The highest BCUT2D eigenvalue weighted by molar-refractivity contribution is 5.72. The Bertz CT molecular complexity index is 984. The average molecular weight is 493 g/mol. The van der Waals surface area contributed by atoms with Gasteiger partial charge in [0.1, 0.15) is 11.5 Å². The van der Waals surface area contributed by atoms with Gasteiger partial charge in [-0.25, -0.2) is 0 Å². The second-order valence-corrected chi connectivity index (χ2v) is 9.86. The summed E-state index contributed by atoms with van der Waals surface area (Å²) < 4.78 is 48.1. The number of methoxy groups -OCH3 is 1. The number of ether oxygens (including phenoxy) is 2. The van der Waals surface area contributed by atoms with E-state index in [9.17, 15) is 18.3 Å². The fraction of sp³-hybridized carbons (Fsp3) is 0.556. The lowest BCUT2D eigenvalue weighted by Crippen LogP contribution is -2.50. The van der Waals surface area contributed by atoms with Crippen molar-refractivity contribution < 1.29 is 27.8 Å². The quantitative estimate of drug-likeness (QED) is 0.569. The predicted molar refractivity (Wildman–Crippen MR) is 130 cm³/mol. The van der Waals surface area contributed by atoms with Crippen molar-refractivity contribution >= 4 is 0 Å². The number of rotatable bonds is 7. The maximum atomic E-state index is 12.8. The lowest BCUT2D eigenvalue weighted by Gasteiger charge is -2.43. The fourth-order valence-electron chi connectivity index (χ4n) is 5.42. The van der Waals surface area contributed by atoms with Crippen LogP contribution in [0.3, 0.4) is 0 Å². The number of piperazine rings is 1. The molecule has 2 aromatic rings. The van der Waals surface area contributed by atoms with E-state index in [0.29, 0.717) is 16.9 Å². The van der Waals surface area contributed by atoms with Crippen LogP contribution in [0.4, 0.5) is 13.2 Å². The molecule has 2 fully saturated rings. The third-order valence-corrected chi connectivity index (χ3v) is 7.41. The van der Waals surface area contributed by atoms with Crippen LogP contribution in [0.25, 0.3) is 11.1 Å². The number of hydrogen-bond donors (Lipinski definition) is 1. The Hall–Kier alpha value is -2.29. The first-order valence-electron chi connectivity index (χ1n) is 12.3. The standard InChI is InChI=1S/C27H35F3N2O3/c1-31-13-15-32(16-14-31)19-24(26(33)11-4-3-5-12-26)21-9-10-25(34-2)23(18-21)20-7-6-8-22(17-20)35-27(28,29)30/h6-10,17-18,24,33H,3-5,11-16,19H2,1-2H3. The van der Waals surface area contributed by atoms with Crippen molar-refractivity contribution in [3.63, 3.8) is 0 Å². The molecule has 2 aliphatic rings. The first-order chi connectivity index (χ1) is 16.7. The smallest absolute Gasteiger partial charge is 0.496 e. The zero-order valence-corrected chi connectivity index (χ0v) is 20.5. The number of aliphatic hydroxyl groups is 1. The highest BCUT2D eigenvalue weighted by Gasteiger charge is 2.40. The summed E-state index contributed by atoms with van der Waals surface area (Å²) in [5.74, 6) is 0.180. The molecule has 1 saturated carbocycles. The summed E-state index contributed by atoms with van der Waals surface area (Å²) in [5.41, 5.74) is 1.42. The minimum atomic E-state index is -4.76. The van der Waals surface area contributed by atoms with Crippen LogP contribution in [0.15, 0.2) is 42.5 Å². The van der Waals surface area contributed by atoms with Crippen LogP contribution >= 0.6 is 0 Å². The molecule has 1 saturated heterocycles. The van der Waals surface area contributed by atoms with E-state index in [-0.39, 0.29) is 11.7 Å². The summed E-state index contributed by atoms with van der Waals surface area (Å²) in [6.07, 6.45) is -0.139. The van der Waals surface area contributed by atoms with Crippen molar-refractivity contribution in [1.29, 1.82) is 0 Å². The minimum Gasteiger partial charge on any atom is -0.496 e. The van der Waals surface area contributed by atoms with Gasteiger partial charge in [-0.1, -0.05) is 37.5 Å². The molecular formula is C27H35F3N2O3. The maximum Gasteiger partial charge on any atom is 0.573 e. The van der Waals surface area contributed by atoms with E-state index in [1.165, 1.54) is 12.1 Å². The van der Waals surface area contributed by atoms with Gasteiger partial charge in [-0.3, -0.25) is 0 Å². The highest BCUT2D eigenvalue weighted by atomic mass is 19.4. The van der Waals surface area contributed by atoms with Gasteiger partial charge < -0.3 is 24.4 Å². The minimum absolute atomic E-state index is 0.106. The van der Waals surface area contributed by atoms with Crippen molar-refractivity contribution in [2.75, 3.05) is 46.9 Å². The zero-order valence-electron chi connectivity index (χ0n) is 20.5. The van der Waals surface area contributed by atoms with Crippen molar-refractivity contribution in [2.45, 2.75) is 50.0 Å². The molecule has 1 aliphatic heterocycles. The van der Waals surface area contributed by atoms with E-state index in [1.807, 2.05) is 18.2 Å². The normalized spacial score (nSPS) is 20.4.